The number of nitriles is 1. The molecule has 0 aliphatic heterocycles. The summed E-state index contributed by atoms with van der Waals surface area (Å²) in [5.74, 6) is -0.473. The Labute approximate surface area is 121 Å². The highest BCUT2D eigenvalue weighted by atomic mass is 32.1. The number of Topliss-reactive ketones (excluding diaryl/α,β-unsaturated/α-hetero) is 1. The minimum Gasteiger partial charge on any atom is -0.494 e. The third-order valence-electron chi connectivity index (χ3n) is 2.70. The van der Waals surface area contributed by atoms with E-state index in [9.17, 15) is 10.1 Å². The number of aromatic nitrogens is 1. The predicted octanol–water partition coefficient (Wildman–Crippen LogP) is 3.34. The van der Waals surface area contributed by atoms with Crippen molar-refractivity contribution in [3.8, 4) is 11.8 Å². The number of thiazole rings is 1. The Morgan fingerprint density at radius 3 is 2.95 bits per heavy atom. The van der Waals surface area contributed by atoms with Crippen LogP contribution in [-0.2, 0) is 0 Å². The van der Waals surface area contributed by atoms with Gasteiger partial charge >= 0.3 is 0 Å². The molecule has 0 aliphatic carbocycles. The maximum absolute atomic E-state index is 12.4. The molecular weight excluding hydrogens is 272 g/mol. The standard InChI is InChI=1S/C15H14N2O2S/c1-3-19-12-6-4-5-11(7-12)14(18)13(8-16)15-17-10(2)9-20-15/h4-7,9,13H,3H2,1-2H3. The van der Waals surface area contributed by atoms with Gasteiger partial charge in [0.25, 0.3) is 0 Å². The van der Waals surface area contributed by atoms with E-state index in [1.165, 1.54) is 11.3 Å². The molecule has 1 aromatic carbocycles. The lowest BCUT2D eigenvalue weighted by molar-refractivity contribution is 0.0978. The van der Waals surface area contributed by atoms with Crippen LogP contribution in [-0.4, -0.2) is 17.4 Å². The molecule has 2 aromatic rings. The molecule has 2 rings (SSSR count). The Morgan fingerprint density at radius 1 is 1.55 bits per heavy atom. The molecule has 20 heavy (non-hydrogen) atoms. The molecule has 1 heterocycles. The minimum absolute atomic E-state index is 0.247. The first-order valence-corrected chi connectivity index (χ1v) is 7.12. The van der Waals surface area contributed by atoms with Gasteiger partial charge < -0.3 is 4.74 Å². The Balaban J connectivity index is 2.29. The molecule has 1 aromatic heterocycles. The molecule has 5 heteroatoms. The number of benzene rings is 1. The van der Waals surface area contributed by atoms with Crippen LogP contribution in [0.25, 0.3) is 0 Å². The summed E-state index contributed by atoms with van der Waals surface area (Å²) in [7, 11) is 0. The summed E-state index contributed by atoms with van der Waals surface area (Å²) in [5.41, 5.74) is 1.29. The second-order valence-electron chi connectivity index (χ2n) is 4.21. The third-order valence-corrected chi connectivity index (χ3v) is 3.73. The van der Waals surface area contributed by atoms with Gasteiger partial charge in [-0.25, -0.2) is 4.98 Å². The first-order valence-electron chi connectivity index (χ1n) is 6.24. The lowest BCUT2D eigenvalue weighted by Gasteiger charge is -2.07. The highest BCUT2D eigenvalue weighted by molar-refractivity contribution is 7.10. The van der Waals surface area contributed by atoms with E-state index in [1.54, 1.807) is 24.3 Å². The molecule has 0 saturated carbocycles. The van der Waals surface area contributed by atoms with Crippen molar-refractivity contribution in [2.45, 2.75) is 19.8 Å². The van der Waals surface area contributed by atoms with E-state index in [0.29, 0.717) is 22.9 Å². The van der Waals surface area contributed by atoms with Crippen molar-refractivity contribution in [2.75, 3.05) is 6.61 Å². The largest absolute Gasteiger partial charge is 0.494 e. The molecule has 0 radical (unpaired) electrons. The summed E-state index contributed by atoms with van der Waals surface area (Å²) in [5, 5.41) is 11.6. The van der Waals surface area contributed by atoms with Crippen molar-refractivity contribution in [1.29, 1.82) is 5.26 Å². The third kappa shape index (κ3) is 3.03. The van der Waals surface area contributed by atoms with E-state index in [4.69, 9.17) is 4.74 Å². The zero-order chi connectivity index (χ0) is 14.5. The van der Waals surface area contributed by atoms with Gasteiger partial charge in [0, 0.05) is 16.6 Å². The Morgan fingerprint density at radius 2 is 2.35 bits per heavy atom. The monoisotopic (exact) mass is 286 g/mol. The first-order chi connectivity index (χ1) is 9.65. The van der Waals surface area contributed by atoms with Gasteiger partial charge in [0.2, 0.25) is 0 Å². The molecule has 1 unspecified atom stereocenters. The second kappa shape index (κ2) is 6.31. The lowest BCUT2D eigenvalue weighted by Crippen LogP contribution is -2.11. The summed E-state index contributed by atoms with van der Waals surface area (Å²) >= 11 is 1.33. The Kier molecular flexibility index (Phi) is 4.49. The van der Waals surface area contributed by atoms with Crippen molar-refractivity contribution >= 4 is 17.1 Å². The van der Waals surface area contributed by atoms with Gasteiger partial charge in [-0.1, -0.05) is 12.1 Å². The van der Waals surface area contributed by atoms with Gasteiger partial charge in [-0.15, -0.1) is 11.3 Å². The number of rotatable bonds is 5. The number of carbonyl (C=O) groups excluding carboxylic acids is 1. The predicted molar refractivity (Wildman–Crippen MR) is 77.1 cm³/mol. The maximum Gasteiger partial charge on any atom is 0.187 e. The smallest absolute Gasteiger partial charge is 0.187 e. The Hall–Kier alpha value is -2.19. The number of nitrogens with zero attached hydrogens (tertiary/aromatic N) is 2. The van der Waals surface area contributed by atoms with Crippen molar-refractivity contribution in [3.63, 3.8) is 0 Å². The van der Waals surface area contributed by atoms with Gasteiger partial charge in [0.1, 0.15) is 10.8 Å². The van der Waals surface area contributed by atoms with Crippen LogP contribution in [0, 0.1) is 18.3 Å². The number of hydrogen-bond donors (Lipinski definition) is 0. The topological polar surface area (TPSA) is 63.0 Å². The Bertz CT molecular complexity index is 658. The summed E-state index contributed by atoms with van der Waals surface area (Å²) in [6, 6.07) is 8.93. The van der Waals surface area contributed by atoms with Gasteiger partial charge in [-0.05, 0) is 26.0 Å². The van der Waals surface area contributed by atoms with Crippen LogP contribution in [0.4, 0.5) is 0 Å². The van der Waals surface area contributed by atoms with Gasteiger partial charge in [0.15, 0.2) is 11.7 Å². The molecule has 0 saturated heterocycles. The highest BCUT2D eigenvalue weighted by Crippen LogP contribution is 2.25. The average Bonchev–Trinajstić information content (AvgIpc) is 2.87. The number of aryl methyl sites for hydroxylation is 1. The fourth-order valence-electron chi connectivity index (χ4n) is 1.80. The lowest BCUT2D eigenvalue weighted by atomic mass is 9.99. The minimum atomic E-state index is -0.856. The molecular formula is C15H14N2O2S. The molecule has 1 atom stereocenters. The summed E-state index contributed by atoms with van der Waals surface area (Å²) in [6.45, 7) is 4.25. The summed E-state index contributed by atoms with van der Waals surface area (Å²) < 4.78 is 5.37. The molecule has 0 N–H and O–H groups in total. The SMILES string of the molecule is CCOc1cccc(C(=O)C(C#N)c2nc(C)cs2)c1. The van der Waals surface area contributed by atoms with Crippen molar-refractivity contribution in [3.05, 3.63) is 45.9 Å². The molecule has 4 nitrogen and oxygen atoms in total. The van der Waals surface area contributed by atoms with Crippen LogP contribution in [0.1, 0.15) is 33.9 Å². The van der Waals surface area contributed by atoms with E-state index in [0.717, 1.165) is 5.69 Å². The highest BCUT2D eigenvalue weighted by Gasteiger charge is 2.24. The number of ketones is 1. The molecule has 0 spiro atoms. The molecule has 0 amide bonds. The summed E-state index contributed by atoms with van der Waals surface area (Å²) in [6.07, 6.45) is 0. The molecule has 0 bridgehead atoms. The van der Waals surface area contributed by atoms with E-state index >= 15 is 0 Å². The van der Waals surface area contributed by atoms with Crippen LogP contribution in [0.15, 0.2) is 29.6 Å². The van der Waals surface area contributed by atoms with Crippen LogP contribution in [0.3, 0.4) is 0 Å². The summed E-state index contributed by atoms with van der Waals surface area (Å²) in [4.78, 5) is 16.7. The molecule has 0 aliphatic rings. The van der Waals surface area contributed by atoms with Crippen molar-refractivity contribution in [1.82, 2.24) is 4.98 Å². The number of ether oxygens (including phenoxy) is 1. The van der Waals surface area contributed by atoms with Crippen molar-refractivity contribution in [2.24, 2.45) is 0 Å². The van der Waals surface area contributed by atoms with E-state index in [2.05, 4.69) is 4.98 Å². The number of carbonyl (C=O) groups is 1. The van der Waals surface area contributed by atoms with Gasteiger partial charge in [0.05, 0.1) is 12.7 Å². The van der Waals surface area contributed by atoms with Gasteiger partial charge in [-0.3, -0.25) is 4.79 Å². The quantitative estimate of drug-likeness (QED) is 0.791. The zero-order valence-electron chi connectivity index (χ0n) is 11.3. The van der Waals surface area contributed by atoms with E-state index in [1.807, 2.05) is 25.3 Å². The van der Waals surface area contributed by atoms with Gasteiger partial charge in [-0.2, -0.15) is 5.26 Å². The molecule has 0 fully saturated rings. The number of hydrogen-bond acceptors (Lipinski definition) is 5. The maximum atomic E-state index is 12.4. The fourth-order valence-corrected chi connectivity index (χ4v) is 2.64. The normalized spacial score (nSPS) is 11.7. The van der Waals surface area contributed by atoms with Crippen molar-refractivity contribution < 1.29 is 9.53 Å². The van der Waals surface area contributed by atoms with Crippen LogP contribution in [0.2, 0.25) is 0 Å². The molecule has 102 valence electrons. The van der Waals surface area contributed by atoms with Crippen LogP contribution < -0.4 is 4.74 Å². The van der Waals surface area contributed by atoms with E-state index in [-0.39, 0.29) is 5.78 Å². The van der Waals surface area contributed by atoms with E-state index < -0.39 is 5.92 Å². The van der Waals surface area contributed by atoms with Crippen LogP contribution >= 0.6 is 11.3 Å². The zero-order valence-corrected chi connectivity index (χ0v) is 12.1. The fraction of sp³-hybridized carbons (Fsp3) is 0.267. The average molecular weight is 286 g/mol. The van der Waals surface area contributed by atoms with Crippen LogP contribution in [0.5, 0.6) is 5.75 Å². The second-order valence-corrected chi connectivity index (χ2v) is 5.10. The first kappa shape index (κ1) is 14.2.